The summed E-state index contributed by atoms with van der Waals surface area (Å²) in [7, 11) is 1.92. The van der Waals surface area contributed by atoms with Gasteiger partial charge in [0.25, 0.3) is 5.91 Å². The first-order chi connectivity index (χ1) is 9.56. The second-order valence-electron chi connectivity index (χ2n) is 5.73. The molecule has 2 unspecified atom stereocenters. The van der Waals surface area contributed by atoms with Gasteiger partial charge >= 0.3 is 0 Å². The van der Waals surface area contributed by atoms with E-state index in [-0.39, 0.29) is 5.91 Å². The molecule has 0 spiro atoms. The molecule has 108 valence electrons. The van der Waals surface area contributed by atoms with Crippen LogP contribution in [0.15, 0.2) is 12.1 Å². The molecular weight excluding hydrogens is 292 g/mol. The van der Waals surface area contributed by atoms with E-state index in [1.807, 2.05) is 23.7 Å². The van der Waals surface area contributed by atoms with Crippen molar-refractivity contribution in [2.75, 3.05) is 0 Å². The van der Waals surface area contributed by atoms with Gasteiger partial charge in [0.1, 0.15) is 5.69 Å². The van der Waals surface area contributed by atoms with E-state index in [0.29, 0.717) is 12.0 Å². The lowest BCUT2D eigenvalue weighted by atomic mass is 9.86. The SMILES string of the molecule is CC1CCCCC1NC(=O)c1cc2sc(Cl)cc2n1C. The van der Waals surface area contributed by atoms with Gasteiger partial charge in [-0.2, -0.15) is 0 Å². The van der Waals surface area contributed by atoms with Crippen LogP contribution in [0.2, 0.25) is 4.34 Å². The number of hydrogen-bond acceptors (Lipinski definition) is 2. The fourth-order valence-corrected chi connectivity index (χ4v) is 4.28. The Balaban J connectivity index is 1.81. The number of amides is 1. The molecule has 1 amide bonds. The van der Waals surface area contributed by atoms with Crippen molar-refractivity contribution in [1.29, 1.82) is 0 Å². The van der Waals surface area contributed by atoms with Gasteiger partial charge in [0.15, 0.2) is 0 Å². The number of nitrogens with zero attached hydrogens (tertiary/aromatic N) is 1. The standard InChI is InChI=1S/C15H19ClN2OS/c1-9-5-3-4-6-10(9)17-15(19)12-7-13-11(18(12)2)8-14(16)20-13/h7-10H,3-6H2,1-2H3,(H,17,19). The van der Waals surface area contributed by atoms with Gasteiger partial charge in [-0.05, 0) is 30.9 Å². The summed E-state index contributed by atoms with van der Waals surface area (Å²) in [6.45, 7) is 2.23. The minimum atomic E-state index is 0.0331. The average molecular weight is 311 g/mol. The molecule has 1 aliphatic rings. The minimum absolute atomic E-state index is 0.0331. The van der Waals surface area contributed by atoms with Crippen LogP contribution >= 0.6 is 22.9 Å². The van der Waals surface area contributed by atoms with Gasteiger partial charge in [-0.15, -0.1) is 11.3 Å². The summed E-state index contributed by atoms with van der Waals surface area (Å²) in [5.74, 6) is 0.606. The Hall–Kier alpha value is -1.00. The Morgan fingerprint density at radius 1 is 1.40 bits per heavy atom. The molecule has 2 aromatic heterocycles. The van der Waals surface area contributed by atoms with E-state index >= 15 is 0 Å². The van der Waals surface area contributed by atoms with Crippen molar-refractivity contribution in [3.05, 3.63) is 22.2 Å². The maximum absolute atomic E-state index is 12.5. The number of nitrogens with one attached hydrogen (secondary N) is 1. The van der Waals surface area contributed by atoms with Gasteiger partial charge in [-0.25, -0.2) is 0 Å². The van der Waals surface area contributed by atoms with Gasteiger partial charge < -0.3 is 9.88 Å². The zero-order valence-corrected chi connectivity index (χ0v) is 13.4. The van der Waals surface area contributed by atoms with Crippen molar-refractivity contribution in [2.45, 2.75) is 38.6 Å². The van der Waals surface area contributed by atoms with Gasteiger partial charge in [0, 0.05) is 13.1 Å². The van der Waals surface area contributed by atoms with Crippen LogP contribution in [0.5, 0.6) is 0 Å². The molecule has 1 aliphatic carbocycles. The van der Waals surface area contributed by atoms with Crippen LogP contribution < -0.4 is 5.32 Å². The highest BCUT2D eigenvalue weighted by molar-refractivity contribution is 7.22. The van der Waals surface area contributed by atoms with E-state index < -0.39 is 0 Å². The molecule has 0 radical (unpaired) electrons. The highest BCUT2D eigenvalue weighted by Gasteiger charge is 2.24. The van der Waals surface area contributed by atoms with Gasteiger partial charge in [0.05, 0.1) is 14.6 Å². The van der Waals surface area contributed by atoms with Crippen molar-refractivity contribution < 1.29 is 4.79 Å². The molecule has 2 aromatic rings. The average Bonchev–Trinajstić information content (AvgIpc) is 2.91. The summed E-state index contributed by atoms with van der Waals surface area (Å²) < 4.78 is 3.76. The predicted molar refractivity (Wildman–Crippen MR) is 84.7 cm³/mol. The third-order valence-electron chi connectivity index (χ3n) is 4.36. The van der Waals surface area contributed by atoms with E-state index in [0.717, 1.165) is 26.7 Å². The second-order valence-corrected chi connectivity index (χ2v) is 7.45. The highest BCUT2D eigenvalue weighted by Crippen LogP contribution is 2.31. The molecule has 3 rings (SSSR count). The maximum atomic E-state index is 12.5. The molecule has 1 saturated carbocycles. The quantitative estimate of drug-likeness (QED) is 0.886. The number of halogens is 1. The molecular formula is C15H19ClN2OS. The molecule has 2 heterocycles. The number of carbonyl (C=O) groups excluding carboxylic acids is 1. The number of hydrogen-bond donors (Lipinski definition) is 1. The highest BCUT2D eigenvalue weighted by atomic mass is 35.5. The van der Waals surface area contributed by atoms with E-state index in [9.17, 15) is 4.79 Å². The number of thiophene rings is 1. The summed E-state index contributed by atoms with van der Waals surface area (Å²) in [5.41, 5.74) is 1.75. The normalized spacial score (nSPS) is 23.1. The van der Waals surface area contributed by atoms with Crippen LogP contribution in [0.25, 0.3) is 10.2 Å². The molecule has 1 fully saturated rings. The fourth-order valence-electron chi connectivity index (χ4n) is 3.07. The minimum Gasteiger partial charge on any atom is -0.348 e. The van der Waals surface area contributed by atoms with Crippen molar-refractivity contribution in [2.24, 2.45) is 13.0 Å². The second kappa shape index (κ2) is 5.41. The first-order valence-corrected chi connectivity index (χ1v) is 8.31. The molecule has 1 N–H and O–H groups in total. The number of aromatic nitrogens is 1. The van der Waals surface area contributed by atoms with Crippen molar-refractivity contribution >= 4 is 39.1 Å². The van der Waals surface area contributed by atoms with E-state index in [2.05, 4.69) is 12.2 Å². The third-order valence-corrected chi connectivity index (χ3v) is 5.56. The van der Waals surface area contributed by atoms with Crippen molar-refractivity contribution in [1.82, 2.24) is 9.88 Å². The van der Waals surface area contributed by atoms with Gasteiger partial charge in [0.2, 0.25) is 0 Å². The van der Waals surface area contributed by atoms with E-state index in [1.54, 1.807) is 0 Å². The molecule has 20 heavy (non-hydrogen) atoms. The molecule has 5 heteroatoms. The number of fused-ring (bicyclic) bond motifs is 1. The van der Waals surface area contributed by atoms with Crippen molar-refractivity contribution in [3.8, 4) is 0 Å². The summed E-state index contributed by atoms with van der Waals surface area (Å²) in [6, 6.07) is 4.17. The molecule has 0 aromatic carbocycles. The summed E-state index contributed by atoms with van der Waals surface area (Å²) in [6.07, 6.45) is 4.80. The summed E-state index contributed by atoms with van der Waals surface area (Å²) in [5, 5.41) is 3.20. The fraction of sp³-hybridized carbons (Fsp3) is 0.533. The van der Waals surface area contributed by atoms with Crippen LogP contribution in [0.4, 0.5) is 0 Å². The lowest BCUT2D eigenvalue weighted by molar-refractivity contribution is 0.0902. The lowest BCUT2D eigenvalue weighted by Crippen LogP contribution is -2.41. The van der Waals surface area contributed by atoms with Crippen LogP contribution in [-0.2, 0) is 7.05 Å². The molecule has 2 atom stereocenters. The topological polar surface area (TPSA) is 34.0 Å². The smallest absolute Gasteiger partial charge is 0.268 e. The Labute approximate surface area is 127 Å². The third kappa shape index (κ3) is 2.47. The van der Waals surface area contributed by atoms with Crippen LogP contribution in [-0.4, -0.2) is 16.5 Å². The zero-order valence-electron chi connectivity index (χ0n) is 11.8. The maximum Gasteiger partial charge on any atom is 0.268 e. The van der Waals surface area contributed by atoms with Crippen molar-refractivity contribution in [3.63, 3.8) is 0 Å². The number of aryl methyl sites for hydroxylation is 1. The van der Waals surface area contributed by atoms with Crippen LogP contribution in [0.1, 0.15) is 43.1 Å². The Kier molecular flexibility index (Phi) is 3.78. The summed E-state index contributed by atoms with van der Waals surface area (Å²) in [4.78, 5) is 12.5. The van der Waals surface area contributed by atoms with E-state index in [1.165, 1.54) is 30.6 Å². The largest absolute Gasteiger partial charge is 0.348 e. The number of carbonyl (C=O) groups is 1. The van der Waals surface area contributed by atoms with Crippen LogP contribution in [0, 0.1) is 5.92 Å². The molecule has 0 bridgehead atoms. The Morgan fingerprint density at radius 2 is 2.15 bits per heavy atom. The van der Waals surface area contributed by atoms with Crippen LogP contribution in [0.3, 0.4) is 0 Å². The Morgan fingerprint density at radius 3 is 2.85 bits per heavy atom. The first kappa shape index (κ1) is 14.0. The predicted octanol–water partition coefficient (Wildman–Crippen LogP) is 4.20. The Bertz CT molecular complexity index is 646. The molecule has 3 nitrogen and oxygen atoms in total. The molecule has 0 saturated heterocycles. The summed E-state index contributed by atoms with van der Waals surface area (Å²) >= 11 is 7.52. The number of rotatable bonds is 2. The molecule has 0 aliphatic heterocycles. The van der Waals surface area contributed by atoms with E-state index in [4.69, 9.17) is 11.6 Å². The lowest BCUT2D eigenvalue weighted by Gasteiger charge is -2.29. The zero-order chi connectivity index (χ0) is 14.3. The first-order valence-electron chi connectivity index (χ1n) is 7.12. The van der Waals surface area contributed by atoms with Gasteiger partial charge in [-0.3, -0.25) is 4.79 Å². The monoisotopic (exact) mass is 310 g/mol. The van der Waals surface area contributed by atoms with Gasteiger partial charge in [-0.1, -0.05) is 31.4 Å².